The number of hydrazone groups is 1. The van der Waals surface area contributed by atoms with Gasteiger partial charge in [-0.3, -0.25) is 4.79 Å². The lowest BCUT2D eigenvalue weighted by molar-refractivity contribution is 0.0951. The number of hydrogen-bond acceptors (Lipinski definition) is 4. The number of nitrogens with zero attached hydrogens (tertiary/aromatic N) is 2. The second-order valence-electron chi connectivity index (χ2n) is 6.23. The van der Waals surface area contributed by atoms with E-state index < -0.39 is 11.7 Å². The largest absolute Gasteiger partial charge is 0.487 e. The maximum absolute atomic E-state index is 13.9. The van der Waals surface area contributed by atoms with Crippen LogP contribution in [0.1, 0.15) is 27.0 Å². The number of nitrogens with one attached hydrogen (secondary N) is 1. The summed E-state index contributed by atoms with van der Waals surface area (Å²) in [4.78, 5) is 12.1. The van der Waals surface area contributed by atoms with Crippen molar-refractivity contribution >= 4 is 66.6 Å². The molecule has 0 bridgehead atoms. The van der Waals surface area contributed by atoms with Crippen molar-refractivity contribution in [1.29, 1.82) is 5.26 Å². The second-order valence-corrected chi connectivity index (χ2v) is 9.19. The van der Waals surface area contributed by atoms with Crippen LogP contribution in [0, 0.1) is 20.7 Å². The Balaban J connectivity index is 1.65. The Kier molecular flexibility index (Phi) is 8.17. The topological polar surface area (TPSA) is 74.5 Å². The molecule has 0 saturated heterocycles. The fraction of sp³-hybridized carbons (Fsp3) is 0.0455. The summed E-state index contributed by atoms with van der Waals surface area (Å²) < 4.78 is 22.4. The molecule has 0 aliphatic carbocycles. The van der Waals surface area contributed by atoms with Gasteiger partial charge in [0.2, 0.25) is 0 Å². The van der Waals surface area contributed by atoms with E-state index in [4.69, 9.17) is 10.00 Å². The monoisotopic (exact) mass is 655 g/mol. The minimum absolute atomic E-state index is 0.136. The van der Waals surface area contributed by atoms with Crippen LogP contribution in [-0.2, 0) is 6.61 Å². The van der Waals surface area contributed by atoms with Crippen LogP contribution in [0.3, 0.4) is 0 Å². The predicted octanol–water partition coefficient (Wildman–Crippen LogP) is 6.17. The third kappa shape index (κ3) is 6.35. The number of carbonyl (C=O) groups is 1. The van der Waals surface area contributed by atoms with Crippen LogP contribution in [0.5, 0.6) is 5.75 Å². The SMILES string of the molecule is N#Cc1ccc(C(=O)N/N=C\c2cc(Br)c(OCc3ccc(I)cc3)c(Br)c2)c(F)c1. The van der Waals surface area contributed by atoms with Crippen molar-refractivity contribution in [3.05, 3.63) is 95.2 Å². The molecule has 3 aromatic rings. The molecule has 9 heteroatoms. The van der Waals surface area contributed by atoms with Crippen LogP contribution in [0.15, 0.2) is 68.6 Å². The first-order valence-corrected chi connectivity index (χ1v) is 11.4. The molecular formula is C22H13Br2FIN3O2. The zero-order chi connectivity index (χ0) is 22.4. The third-order valence-electron chi connectivity index (χ3n) is 4.04. The second kappa shape index (κ2) is 10.8. The summed E-state index contributed by atoms with van der Waals surface area (Å²) >= 11 is 9.21. The van der Waals surface area contributed by atoms with Crippen molar-refractivity contribution in [3.8, 4) is 11.8 Å². The summed E-state index contributed by atoms with van der Waals surface area (Å²) in [6.45, 7) is 0.410. The van der Waals surface area contributed by atoms with Gasteiger partial charge in [-0.1, -0.05) is 12.1 Å². The average Bonchev–Trinajstić information content (AvgIpc) is 2.74. The Bertz CT molecular complexity index is 1170. The molecular weight excluding hydrogens is 644 g/mol. The Hall–Kier alpha value is -2.29. The number of amides is 1. The molecule has 0 radical (unpaired) electrons. The number of nitriles is 1. The molecule has 3 rings (SSSR count). The zero-order valence-electron chi connectivity index (χ0n) is 15.7. The smallest absolute Gasteiger partial charge is 0.274 e. The van der Waals surface area contributed by atoms with Crippen molar-refractivity contribution in [2.75, 3.05) is 0 Å². The fourth-order valence-electron chi connectivity index (χ4n) is 2.52. The van der Waals surface area contributed by atoms with Crippen LogP contribution in [0.25, 0.3) is 0 Å². The lowest BCUT2D eigenvalue weighted by Gasteiger charge is -2.11. The highest BCUT2D eigenvalue weighted by Gasteiger charge is 2.12. The Labute approximate surface area is 208 Å². The summed E-state index contributed by atoms with van der Waals surface area (Å²) in [5.74, 6) is -0.861. The highest BCUT2D eigenvalue weighted by atomic mass is 127. The van der Waals surface area contributed by atoms with Crippen LogP contribution >= 0.6 is 54.5 Å². The molecule has 1 amide bonds. The highest BCUT2D eigenvalue weighted by Crippen LogP contribution is 2.35. The molecule has 0 aliphatic rings. The molecule has 0 saturated carbocycles. The summed E-state index contributed by atoms with van der Waals surface area (Å²) in [5, 5.41) is 12.6. The van der Waals surface area contributed by atoms with E-state index >= 15 is 0 Å². The van der Waals surface area contributed by atoms with E-state index in [9.17, 15) is 9.18 Å². The summed E-state index contributed by atoms with van der Waals surface area (Å²) in [6, 6.07) is 17.0. The van der Waals surface area contributed by atoms with Gasteiger partial charge in [0.1, 0.15) is 18.2 Å². The van der Waals surface area contributed by atoms with E-state index in [1.54, 1.807) is 12.1 Å². The molecule has 31 heavy (non-hydrogen) atoms. The van der Waals surface area contributed by atoms with E-state index in [1.807, 2.05) is 30.3 Å². The van der Waals surface area contributed by atoms with Gasteiger partial charge in [-0.25, -0.2) is 9.82 Å². The van der Waals surface area contributed by atoms with Gasteiger partial charge in [0.15, 0.2) is 0 Å². The Morgan fingerprint density at radius 2 is 1.84 bits per heavy atom. The summed E-state index contributed by atoms with van der Waals surface area (Å²) in [7, 11) is 0. The lowest BCUT2D eigenvalue weighted by atomic mass is 10.1. The normalized spacial score (nSPS) is 10.7. The van der Waals surface area contributed by atoms with E-state index in [1.165, 1.54) is 18.3 Å². The van der Waals surface area contributed by atoms with E-state index in [2.05, 4.69) is 65.0 Å². The molecule has 0 heterocycles. The van der Waals surface area contributed by atoms with Gasteiger partial charge in [-0.15, -0.1) is 0 Å². The van der Waals surface area contributed by atoms with Gasteiger partial charge in [0, 0.05) is 3.57 Å². The number of halogens is 4. The van der Waals surface area contributed by atoms with Crippen molar-refractivity contribution in [1.82, 2.24) is 5.43 Å². The van der Waals surface area contributed by atoms with Crippen molar-refractivity contribution in [2.24, 2.45) is 5.10 Å². The first-order valence-electron chi connectivity index (χ1n) is 8.76. The van der Waals surface area contributed by atoms with E-state index in [0.717, 1.165) is 15.2 Å². The van der Waals surface area contributed by atoms with Crippen LogP contribution in [0.4, 0.5) is 4.39 Å². The van der Waals surface area contributed by atoms with Crippen molar-refractivity contribution < 1.29 is 13.9 Å². The molecule has 5 nitrogen and oxygen atoms in total. The average molecular weight is 657 g/mol. The maximum atomic E-state index is 13.9. The summed E-state index contributed by atoms with van der Waals surface area (Å²) in [6.07, 6.45) is 1.43. The number of ether oxygens (including phenoxy) is 1. The molecule has 1 N–H and O–H groups in total. The lowest BCUT2D eigenvalue weighted by Crippen LogP contribution is -2.19. The third-order valence-corrected chi connectivity index (χ3v) is 5.94. The molecule has 0 unspecified atom stereocenters. The minimum Gasteiger partial charge on any atom is -0.487 e. The highest BCUT2D eigenvalue weighted by molar-refractivity contribution is 14.1. The van der Waals surface area contributed by atoms with Gasteiger partial charge in [-0.2, -0.15) is 10.4 Å². The minimum atomic E-state index is -0.785. The number of rotatable bonds is 6. The number of hydrogen-bond donors (Lipinski definition) is 1. The standard InChI is InChI=1S/C22H13Br2FIN3O2/c23-18-7-15(8-19(24)21(18)31-12-13-1-4-16(26)5-2-13)11-28-29-22(30)17-6-3-14(10-27)9-20(17)25/h1-9,11H,12H2,(H,29,30)/b28-11-. The number of benzene rings is 3. The Morgan fingerprint density at radius 1 is 1.16 bits per heavy atom. The first-order chi connectivity index (χ1) is 14.9. The van der Waals surface area contributed by atoms with Gasteiger partial charge in [0.05, 0.1) is 32.4 Å². The first kappa shape index (κ1) is 23.4. The van der Waals surface area contributed by atoms with E-state index in [0.29, 0.717) is 26.9 Å². The quantitative estimate of drug-likeness (QED) is 0.196. The van der Waals surface area contributed by atoms with Crippen LogP contribution < -0.4 is 10.2 Å². The van der Waals surface area contributed by atoms with Crippen molar-refractivity contribution in [3.63, 3.8) is 0 Å². The Morgan fingerprint density at radius 3 is 2.45 bits per heavy atom. The number of carbonyl (C=O) groups excluding carboxylic acids is 1. The fourth-order valence-corrected chi connectivity index (χ4v) is 4.33. The predicted molar refractivity (Wildman–Crippen MR) is 132 cm³/mol. The molecule has 0 fully saturated rings. The van der Waals surface area contributed by atoms with Gasteiger partial charge in [-0.05, 0) is 108 Å². The molecule has 0 spiro atoms. The van der Waals surface area contributed by atoms with Gasteiger partial charge >= 0.3 is 0 Å². The summed E-state index contributed by atoms with van der Waals surface area (Å²) in [5.41, 5.74) is 3.94. The molecule has 0 atom stereocenters. The van der Waals surface area contributed by atoms with Crippen LogP contribution in [-0.4, -0.2) is 12.1 Å². The zero-order valence-corrected chi connectivity index (χ0v) is 21.0. The molecule has 0 aliphatic heterocycles. The maximum Gasteiger partial charge on any atom is 0.274 e. The van der Waals surface area contributed by atoms with Gasteiger partial charge < -0.3 is 4.74 Å². The van der Waals surface area contributed by atoms with Gasteiger partial charge in [0.25, 0.3) is 5.91 Å². The van der Waals surface area contributed by atoms with E-state index in [-0.39, 0.29) is 11.1 Å². The molecule has 0 aromatic heterocycles. The molecule has 3 aromatic carbocycles. The molecule has 156 valence electrons. The van der Waals surface area contributed by atoms with Crippen molar-refractivity contribution in [2.45, 2.75) is 6.61 Å². The van der Waals surface area contributed by atoms with Crippen LogP contribution in [0.2, 0.25) is 0 Å².